The molecule has 1 N–H and O–H groups in total. The van der Waals surface area contributed by atoms with E-state index in [1.807, 2.05) is 0 Å². The average Bonchev–Trinajstić information content (AvgIpc) is 2.63. The Balaban J connectivity index is 1.58. The fraction of sp³-hybridized carbons (Fsp3) is 0.579. The van der Waals surface area contributed by atoms with E-state index in [9.17, 15) is 14.0 Å². The second-order valence-corrected chi connectivity index (χ2v) is 6.94. The van der Waals surface area contributed by atoms with Gasteiger partial charge in [0.25, 0.3) is 5.91 Å². The summed E-state index contributed by atoms with van der Waals surface area (Å²) < 4.78 is 13.0. The molecule has 0 unspecified atom stereocenters. The van der Waals surface area contributed by atoms with Crippen molar-refractivity contribution in [3.05, 3.63) is 35.6 Å². The minimum atomic E-state index is -0.352. The number of hydrogen-bond acceptors (Lipinski definition) is 2. The van der Waals surface area contributed by atoms with Crippen molar-refractivity contribution in [2.75, 3.05) is 13.1 Å². The van der Waals surface area contributed by atoms with Crippen LogP contribution < -0.4 is 5.32 Å². The number of amides is 2. The molecule has 0 radical (unpaired) electrons. The number of halogens is 1. The Morgan fingerprint density at radius 2 is 1.71 bits per heavy atom. The van der Waals surface area contributed by atoms with Crippen LogP contribution >= 0.6 is 0 Å². The van der Waals surface area contributed by atoms with Crippen molar-refractivity contribution in [2.45, 2.75) is 51.0 Å². The number of rotatable bonds is 3. The highest BCUT2D eigenvalue weighted by Gasteiger charge is 2.30. The van der Waals surface area contributed by atoms with Gasteiger partial charge < -0.3 is 10.2 Å². The maximum absolute atomic E-state index is 13.0. The quantitative estimate of drug-likeness (QED) is 0.924. The maximum Gasteiger partial charge on any atom is 0.253 e. The number of carbonyl (C=O) groups excluding carboxylic acids is 2. The van der Waals surface area contributed by atoms with Gasteiger partial charge in [-0.2, -0.15) is 0 Å². The van der Waals surface area contributed by atoms with Crippen molar-refractivity contribution < 1.29 is 14.0 Å². The van der Waals surface area contributed by atoms with Crippen molar-refractivity contribution in [1.82, 2.24) is 10.2 Å². The molecule has 5 heteroatoms. The second-order valence-electron chi connectivity index (χ2n) is 6.94. The molecule has 0 bridgehead atoms. The monoisotopic (exact) mass is 332 g/mol. The summed E-state index contributed by atoms with van der Waals surface area (Å²) >= 11 is 0. The first kappa shape index (κ1) is 16.9. The van der Waals surface area contributed by atoms with E-state index in [0.717, 1.165) is 25.7 Å². The van der Waals surface area contributed by atoms with Crippen LogP contribution in [0.1, 0.15) is 55.3 Å². The lowest BCUT2D eigenvalue weighted by molar-refractivity contribution is -0.127. The minimum Gasteiger partial charge on any atom is -0.353 e. The molecule has 1 aliphatic carbocycles. The van der Waals surface area contributed by atoms with Gasteiger partial charge >= 0.3 is 0 Å². The van der Waals surface area contributed by atoms with E-state index in [-0.39, 0.29) is 23.5 Å². The third-order valence-corrected chi connectivity index (χ3v) is 5.12. The van der Waals surface area contributed by atoms with Crippen LogP contribution in [0.5, 0.6) is 0 Å². The Hall–Kier alpha value is -1.91. The molecule has 1 atom stereocenters. The Morgan fingerprint density at radius 1 is 1.00 bits per heavy atom. The minimum absolute atomic E-state index is 0.0820. The number of hydrogen-bond donors (Lipinski definition) is 1. The van der Waals surface area contributed by atoms with Crippen LogP contribution in [0, 0.1) is 11.7 Å². The van der Waals surface area contributed by atoms with Crippen molar-refractivity contribution in [1.29, 1.82) is 0 Å². The zero-order valence-electron chi connectivity index (χ0n) is 14.0. The molecule has 1 aliphatic heterocycles. The lowest BCUT2D eigenvalue weighted by Crippen LogP contribution is -2.47. The van der Waals surface area contributed by atoms with Crippen LogP contribution in [-0.2, 0) is 4.79 Å². The Kier molecular flexibility index (Phi) is 5.48. The molecule has 1 heterocycles. The first-order valence-electron chi connectivity index (χ1n) is 8.99. The van der Waals surface area contributed by atoms with Gasteiger partial charge in [0.1, 0.15) is 5.82 Å². The van der Waals surface area contributed by atoms with Crippen LogP contribution in [0.4, 0.5) is 4.39 Å². The van der Waals surface area contributed by atoms with Crippen molar-refractivity contribution in [3.8, 4) is 0 Å². The molecule has 2 aliphatic rings. The molecule has 130 valence electrons. The molecule has 2 fully saturated rings. The molecule has 1 aromatic rings. The van der Waals surface area contributed by atoms with Crippen molar-refractivity contribution in [2.24, 2.45) is 5.92 Å². The highest BCUT2D eigenvalue weighted by atomic mass is 19.1. The van der Waals surface area contributed by atoms with Crippen molar-refractivity contribution in [3.63, 3.8) is 0 Å². The third kappa shape index (κ3) is 4.13. The molecule has 0 spiro atoms. The number of benzene rings is 1. The highest BCUT2D eigenvalue weighted by Crippen LogP contribution is 2.22. The molecule has 3 rings (SSSR count). The number of likely N-dealkylation sites (tertiary alicyclic amines) is 1. The van der Waals surface area contributed by atoms with Gasteiger partial charge in [-0.25, -0.2) is 4.39 Å². The molecule has 24 heavy (non-hydrogen) atoms. The Bertz CT molecular complexity index is 582. The largest absolute Gasteiger partial charge is 0.353 e. The van der Waals surface area contributed by atoms with Gasteiger partial charge in [-0.05, 0) is 49.9 Å². The van der Waals surface area contributed by atoms with Gasteiger partial charge in [-0.1, -0.05) is 19.3 Å². The normalized spacial score (nSPS) is 22.2. The van der Waals surface area contributed by atoms with Crippen LogP contribution in [0.25, 0.3) is 0 Å². The zero-order valence-corrected chi connectivity index (χ0v) is 14.0. The molecule has 1 saturated carbocycles. The Morgan fingerprint density at radius 3 is 2.42 bits per heavy atom. The SMILES string of the molecule is O=C(NC1CCCCC1)[C@H]1CCCN(C(=O)c2ccc(F)cc2)C1. The topological polar surface area (TPSA) is 49.4 Å². The summed E-state index contributed by atoms with van der Waals surface area (Å²) in [4.78, 5) is 26.8. The van der Waals surface area contributed by atoms with E-state index in [0.29, 0.717) is 24.7 Å². The molecular weight excluding hydrogens is 307 g/mol. The fourth-order valence-electron chi connectivity index (χ4n) is 3.72. The van der Waals surface area contributed by atoms with E-state index in [2.05, 4.69) is 5.32 Å². The molecule has 0 aromatic heterocycles. The number of piperidine rings is 1. The molecule has 4 nitrogen and oxygen atoms in total. The second kappa shape index (κ2) is 7.77. The number of carbonyl (C=O) groups is 2. The van der Waals surface area contributed by atoms with Crippen LogP contribution in [0.15, 0.2) is 24.3 Å². The van der Waals surface area contributed by atoms with Crippen LogP contribution in [-0.4, -0.2) is 35.8 Å². The molecule has 1 aromatic carbocycles. The summed E-state index contributed by atoms with van der Waals surface area (Å²) in [7, 11) is 0. The average molecular weight is 332 g/mol. The first-order chi connectivity index (χ1) is 11.6. The summed E-state index contributed by atoms with van der Waals surface area (Å²) in [6.07, 6.45) is 7.42. The smallest absolute Gasteiger partial charge is 0.253 e. The summed E-state index contributed by atoms with van der Waals surface area (Å²) in [6.45, 7) is 1.11. The highest BCUT2D eigenvalue weighted by molar-refractivity contribution is 5.94. The van der Waals surface area contributed by atoms with Gasteiger partial charge in [0.05, 0.1) is 5.92 Å². The molecular formula is C19H25FN2O2. The van der Waals surface area contributed by atoms with Gasteiger partial charge in [-0.3, -0.25) is 9.59 Å². The molecule has 2 amide bonds. The summed E-state index contributed by atoms with van der Waals surface area (Å²) in [5.74, 6) is -0.524. The Labute approximate surface area is 142 Å². The predicted octanol–water partition coefficient (Wildman–Crippen LogP) is 3.13. The van der Waals surface area contributed by atoms with Gasteiger partial charge in [0, 0.05) is 24.7 Å². The van der Waals surface area contributed by atoms with E-state index in [1.165, 1.54) is 43.5 Å². The van der Waals surface area contributed by atoms with E-state index >= 15 is 0 Å². The standard InChI is InChI=1S/C19H25FN2O2/c20-16-10-8-14(9-11-16)19(24)22-12-4-5-15(13-22)18(23)21-17-6-2-1-3-7-17/h8-11,15,17H,1-7,12-13H2,(H,21,23)/t15-/m0/s1. The first-order valence-corrected chi connectivity index (χ1v) is 8.99. The fourth-order valence-corrected chi connectivity index (χ4v) is 3.72. The van der Waals surface area contributed by atoms with E-state index < -0.39 is 0 Å². The van der Waals surface area contributed by atoms with E-state index in [4.69, 9.17) is 0 Å². The van der Waals surface area contributed by atoms with Gasteiger partial charge in [0.15, 0.2) is 0 Å². The van der Waals surface area contributed by atoms with Crippen LogP contribution in [0.3, 0.4) is 0 Å². The van der Waals surface area contributed by atoms with Crippen LogP contribution in [0.2, 0.25) is 0 Å². The predicted molar refractivity (Wildman–Crippen MR) is 90.0 cm³/mol. The van der Waals surface area contributed by atoms with Crippen molar-refractivity contribution >= 4 is 11.8 Å². The summed E-state index contributed by atoms with van der Waals surface area (Å²) in [6, 6.07) is 5.90. The van der Waals surface area contributed by atoms with E-state index in [1.54, 1.807) is 4.90 Å². The lowest BCUT2D eigenvalue weighted by Gasteiger charge is -2.33. The third-order valence-electron chi connectivity index (χ3n) is 5.12. The molecule has 1 saturated heterocycles. The van der Waals surface area contributed by atoms with Gasteiger partial charge in [0.2, 0.25) is 5.91 Å². The summed E-state index contributed by atoms with van der Waals surface area (Å²) in [5.41, 5.74) is 0.477. The van der Waals surface area contributed by atoms with Gasteiger partial charge in [-0.15, -0.1) is 0 Å². The number of nitrogens with zero attached hydrogens (tertiary/aromatic N) is 1. The maximum atomic E-state index is 13.0. The zero-order chi connectivity index (χ0) is 16.9. The number of nitrogens with one attached hydrogen (secondary N) is 1. The summed E-state index contributed by atoms with van der Waals surface area (Å²) in [5, 5.41) is 3.17. The lowest BCUT2D eigenvalue weighted by atomic mass is 9.93.